The lowest BCUT2D eigenvalue weighted by molar-refractivity contribution is 0.169. The fourth-order valence-electron chi connectivity index (χ4n) is 1.48. The molecule has 0 aromatic heterocycles. The van der Waals surface area contributed by atoms with E-state index in [9.17, 15) is 0 Å². The van der Waals surface area contributed by atoms with Gasteiger partial charge in [0.1, 0.15) is 0 Å². The molecule has 0 aliphatic heterocycles. The quantitative estimate of drug-likeness (QED) is 0.524. The smallest absolute Gasteiger partial charge is 0.0658 e. The summed E-state index contributed by atoms with van der Waals surface area (Å²) in [5.41, 5.74) is 0. The van der Waals surface area contributed by atoms with Crippen LogP contribution in [0.2, 0.25) is 0 Å². The molecule has 0 aromatic rings. The van der Waals surface area contributed by atoms with Gasteiger partial charge in [-0.05, 0) is 24.7 Å². The van der Waals surface area contributed by atoms with E-state index in [0.29, 0.717) is 17.8 Å². The standard InChI is InChI=1S/C8H13N/c1-6(2)8-4-3-7(8)5-9/h6-8H,3-4H2,1-2H3/t7-,8-/m1/s1. The highest BCUT2D eigenvalue weighted by molar-refractivity contribution is 4.96. The summed E-state index contributed by atoms with van der Waals surface area (Å²) in [5, 5.41) is 8.56. The van der Waals surface area contributed by atoms with Crippen molar-refractivity contribution in [2.75, 3.05) is 0 Å². The van der Waals surface area contributed by atoms with Crippen molar-refractivity contribution in [2.24, 2.45) is 17.8 Å². The fourth-order valence-corrected chi connectivity index (χ4v) is 1.48. The van der Waals surface area contributed by atoms with E-state index in [-0.39, 0.29) is 0 Å². The van der Waals surface area contributed by atoms with Crippen LogP contribution >= 0.6 is 0 Å². The van der Waals surface area contributed by atoms with Gasteiger partial charge in [0.15, 0.2) is 0 Å². The number of rotatable bonds is 1. The van der Waals surface area contributed by atoms with Crippen molar-refractivity contribution in [1.82, 2.24) is 0 Å². The number of nitriles is 1. The lowest BCUT2D eigenvalue weighted by Gasteiger charge is -2.34. The van der Waals surface area contributed by atoms with Crippen molar-refractivity contribution in [3.05, 3.63) is 0 Å². The first-order valence-electron chi connectivity index (χ1n) is 3.65. The lowest BCUT2D eigenvalue weighted by atomic mass is 9.69. The van der Waals surface area contributed by atoms with Gasteiger partial charge in [0.25, 0.3) is 0 Å². The molecule has 0 spiro atoms. The maximum atomic E-state index is 8.56. The average molecular weight is 123 g/mol. The van der Waals surface area contributed by atoms with Crippen LogP contribution in [0.25, 0.3) is 0 Å². The zero-order valence-corrected chi connectivity index (χ0v) is 6.09. The van der Waals surface area contributed by atoms with Crippen LogP contribution in [0.3, 0.4) is 0 Å². The highest BCUT2D eigenvalue weighted by Gasteiger charge is 2.32. The van der Waals surface area contributed by atoms with Crippen molar-refractivity contribution < 1.29 is 0 Å². The van der Waals surface area contributed by atoms with E-state index in [0.717, 1.165) is 6.42 Å². The maximum absolute atomic E-state index is 8.56. The summed E-state index contributed by atoms with van der Waals surface area (Å²) in [6, 6.07) is 2.33. The molecule has 0 heterocycles. The Labute approximate surface area is 56.7 Å². The van der Waals surface area contributed by atoms with Crippen molar-refractivity contribution in [1.29, 1.82) is 5.26 Å². The fraction of sp³-hybridized carbons (Fsp3) is 0.875. The Hall–Kier alpha value is -0.510. The van der Waals surface area contributed by atoms with Crippen LogP contribution in [0.15, 0.2) is 0 Å². The number of hydrogen-bond acceptors (Lipinski definition) is 1. The Morgan fingerprint density at radius 1 is 1.44 bits per heavy atom. The molecule has 0 radical (unpaired) electrons. The predicted molar refractivity (Wildman–Crippen MR) is 36.7 cm³/mol. The molecule has 1 saturated carbocycles. The molecule has 1 nitrogen and oxygen atoms in total. The number of hydrogen-bond donors (Lipinski definition) is 0. The third-order valence-electron chi connectivity index (χ3n) is 2.35. The Balaban J connectivity index is 2.38. The summed E-state index contributed by atoms with van der Waals surface area (Å²) < 4.78 is 0. The van der Waals surface area contributed by atoms with E-state index in [2.05, 4.69) is 19.9 Å². The molecule has 0 N–H and O–H groups in total. The average Bonchev–Trinajstić information content (AvgIpc) is 1.61. The third-order valence-corrected chi connectivity index (χ3v) is 2.35. The van der Waals surface area contributed by atoms with E-state index in [4.69, 9.17) is 5.26 Å². The van der Waals surface area contributed by atoms with Gasteiger partial charge in [-0.1, -0.05) is 13.8 Å². The molecule has 1 aliphatic carbocycles. The second-order valence-corrected chi connectivity index (χ2v) is 3.22. The van der Waals surface area contributed by atoms with Crippen LogP contribution in [0, 0.1) is 29.1 Å². The van der Waals surface area contributed by atoms with Gasteiger partial charge in [-0.15, -0.1) is 0 Å². The minimum atomic E-state index is 0.380. The first kappa shape index (κ1) is 6.61. The third kappa shape index (κ3) is 1.08. The minimum Gasteiger partial charge on any atom is -0.198 e. The molecule has 2 atom stereocenters. The molecule has 9 heavy (non-hydrogen) atoms. The zero-order valence-electron chi connectivity index (χ0n) is 6.09. The summed E-state index contributed by atoms with van der Waals surface area (Å²) in [6.45, 7) is 4.41. The summed E-state index contributed by atoms with van der Waals surface area (Å²) >= 11 is 0. The van der Waals surface area contributed by atoms with E-state index in [1.807, 2.05) is 0 Å². The van der Waals surface area contributed by atoms with E-state index in [1.165, 1.54) is 6.42 Å². The molecule has 1 aliphatic rings. The molecule has 1 fully saturated rings. The Morgan fingerprint density at radius 3 is 2.22 bits per heavy atom. The molecule has 0 amide bonds. The highest BCUT2D eigenvalue weighted by atomic mass is 14.4. The topological polar surface area (TPSA) is 23.8 Å². The van der Waals surface area contributed by atoms with Gasteiger partial charge in [0, 0.05) is 5.92 Å². The number of nitrogens with zero attached hydrogens (tertiary/aromatic N) is 1. The van der Waals surface area contributed by atoms with Crippen LogP contribution in [0.1, 0.15) is 26.7 Å². The molecule has 0 bridgehead atoms. The van der Waals surface area contributed by atoms with Crippen molar-refractivity contribution in [3.63, 3.8) is 0 Å². The van der Waals surface area contributed by atoms with Gasteiger partial charge >= 0.3 is 0 Å². The Kier molecular flexibility index (Phi) is 1.75. The molecule has 0 aromatic carbocycles. The van der Waals surface area contributed by atoms with Crippen LogP contribution < -0.4 is 0 Å². The van der Waals surface area contributed by atoms with Crippen LogP contribution in [0.4, 0.5) is 0 Å². The van der Waals surface area contributed by atoms with Crippen LogP contribution in [-0.2, 0) is 0 Å². The molecular weight excluding hydrogens is 110 g/mol. The van der Waals surface area contributed by atoms with Gasteiger partial charge in [-0.3, -0.25) is 0 Å². The second-order valence-electron chi connectivity index (χ2n) is 3.22. The predicted octanol–water partition coefficient (Wildman–Crippen LogP) is 2.19. The van der Waals surface area contributed by atoms with Crippen molar-refractivity contribution in [3.8, 4) is 6.07 Å². The molecule has 1 heteroatoms. The monoisotopic (exact) mass is 123 g/mol. The van der Waals surface area contributed by atoms with Gasteiger partial charge in [0.2, 0.25) is 0 Å². The maximum Gasteiger partial charge on any atom is 0.0658 e. The van der Waals surface area contributed by atoms with Crippen molar-refractivity contribution >= 4 is 0 Å². The SMILES string of the molecule is CC(C)[C@H]1CC[C@@H]1C#N. The summed E-state index contributed by atoms with van der Waals surface area (Å²) in [6.07, 6.45) is 2.41. The molecule has 0 unspecified atom stereocenters. The minimum absolute atomic E-state index is 0.380. The highest BCUT2D eigenvalue weighted by Crippen LogP contribution is 2.38. The van der Waals surface area contributed by atoms with E-state index >= 15 is 0 Å². The molecule has 0 saturated heterocycles. The van der Waals surface area contributed by atoms with Crippen molar-refractivity contribution in [2.45, 2.75) is 26.7 Å². The zero-order chi connectivity index (χ0) is 6.85. The Bertz CT molecular complexity index is 132. The Morgan fingerprint density at radius 2 is 2.11 bits per heavy atom. The summed E-state index contributed by atoms with van der Waals surface area (Å²) in [5.74, 6) is 1.79. The van der Waals surface area contributed by atoms with Gasteiger partial charge < -0.3 is 0 Å². The van der Waals surface area contributed by atoms with Crippen LogP contribution in [0.5, 0.6) is 0 Å². The molecular formula is C8H13N. The molecule has 1 rings (SSSR count). The van der Waals surface area contributed by atoms with Crippen LogP contribution in [-0.4, -0.2) is 0 Å². The normalized spacial score (nSPS) is 33.6. The largest absolute Gasteiger partial charge is 0.198 e. The first-order chi connectivity index (χ1) is 4.25. The lowest BCUT2D eigenvalue weighted by Crippen LogP contribution is -2.28. The molecule has 50 valence electrons. The first-order valence-corrected chi connectivity index (χ1v) is 3.65. The summed E-state index contributed by atoms with van der Waals surface area (Å²) in [7, 11) is 0. The van der Waals surface area contributed by atoms with Gasteiger partial charge in [-0.2, -0.15) is 5.26 Å². The van der Waals surface area contributed by atoms with E-state index in [1.54, 1.807) is 0 Å². The summed E-state index contributed by atoms with van der Waals surface area (Å²) in [4.78, 5) is 0. The van der Waals surface area contributed by atoms with Gasteiger partial charge in [-0.25, -0.2) is 0 Å². The van der Waals surface area contributed by atoms with E-state index < -0.39 is 0 Å². The van der Waals surface area contributed by atoms with Gasteiger partial charge in [0.05, 0.1) is 6.07 Å². The second kappa shape index (κ2) is 2.39.